The monoisotopic (exact) mass is 292 g/mol. The quantitative estimate of drug-likeness (QED) is 0.826. The van der Waals surface area contributed by atoms with E-state index in [-0.39, 0.29) is 0 Å². The molecule has 21 heavy (non-hydrogen) atoms. The van der Waals surface area contributed by atoms with Gasteiger partial charge in [0.25, 0.3) is 0 Å². The SMILES string of the molecule is CCNC1C(N(C)CC2CC3CCC2C3)CCCC1(C)C. The van der Waals surface area contributed by atoms with Crippen LogP contribution < -0.4 is 5.32 Å². The highest BCUT2D eigenvalue weighted by Gasteiger charge is 2.43. The predicted molar refractivity (Wildman–Crippen MR) is 90.5 cm³/mol. The highest BCUT2D eigenvalue weighted by molar-refractivity contribution is 4.99. The second-order valence-corrected chi connectivity index (χ2v) is 8.86. The van der Waals surface area contributed by atoms with Crippen molar-refractivity contribution in [3.8, 4) is 0 Å². The minimum atomic E-state index is 0.446. The lowest BCUT2D eigenvalue weighted by Crippen LogP contribution is -2.58. The molecule has 0 spiro atoms. The van der Waals surface area contributed by atoms with Crippen LogP contribution in [-0.2, 0) is 0 Å². The summed E-state index contributed by atoms with van der Waals surface area (Å²) in [4.78, 5) is 2.74. The molecule has 0 aromatic rings. The van der Waals surface area contributed by atoms with E-state index in [2.05, 4.69) is 38.0 Å². The van der Waals surface area contributed by atoms with Gasteiger partial charge in [0, 0.05) is 18.6 Å². The van der Waals surface area contributed by atoms with Gasteiger partial charge in [0.05, 0.1) is 0 Å². The molecule has 2 bridgehead atoms. The third-order valence-electron chi connectivity index (χ3n) is 6.94. The zero-order valence-corrected chi connectivity index (χ0v) is 14.7. The Morgan fingerprint density at radius 1 is 1.14 bits per heavy atom. The van der Waals surface area contributed by atoms with E-state index in [1.807, 2.05) is 0 Å². The van der Waals surface area contributed by atoms with Gasteiger partial charge >= 0.3 is 0 Å². The molecule has 122 valence electrons. The first-order valence-electron chi connectivity index (χ1n) is 9.45. The van der Waals surface area contributed by atoms with Gasteiger partial charge in [0.1, 0.15) is 0 Å². The summed E-state index contributed by atoms with van der Waals surface area (Å²) in [7, 11) is 2.41. The highest BCUT2D eigenvalue weighted by Crippen LogP contribution is 2.49. The molecule has 0 aliphatic heterocycles. The van der Waals surface area contributed by atoms with Crippen molar-refractivity contribution in [3.63, 3.8) is 0 Å². The zero-order valence-electron chi connectivity index (χ0n) is 14.7. The fourth-order valence-corrected chi connectivity index (χ4v) is 5.82. The van der Waals surface area contributed by atoms with E-state index < -0.39 is 0 Å². The summed E-state index contributed by atoms with van der Waals surface area (Å²) in [5.74, 6) is 3.15. The maximum absolute atomic E-state index is 3.82. The first-order valence-corrected chi connectivity index (χ1v) is 9.45. The van der Waals surface area contributed by atoms with Crippen molar-refractivity contribution in [2.45, 2.75) is 77.8 Å². The minimum absolute atomic E-state index is 0.446. The molecule has 3 saturated carbocycles. The van der Waals surface area contributed by atoms with Gasteiger partial charge in [-0.1, -0.05) is 33.6 Å². The average Bonchev–Trinajstić information content (AvgIpc) is 3.03. The standard InChI is InChI=1S/C19H36N2/c1-5-20-18-17(7-6-10-19(18,2)3)21(4)13-16-12-14-8-9-15(16)11-14/h14-18,20H,5-13H2,1-4H3. The third-order valence-corrected chi connectivity index (χ3v) is 6.94. The maximum atomic E-state index is 3.82. The number of likely N-dealkylation sites (N-methyl/N-ethyl adjacent to an activating group) is 2. The molecule has 0 heterocycles. The van der Waals surface area contributed by atoms with Gasteiger partial charge in [0.15, 0.2) is 0 Å². The van der Waals surface area contributed by atoms with Gasteiger partial charge in [-0.2, -0.15) is 0 Å². The fourth-order valence-electron chi connectivity index (χ4n) is 5.82. The number of hydrogen-bond donors (Lipinski definition) is 1. The van der Waals surface area contributed by atoms with E-state index in [4.69, 9.17) is 0 Å². The molecule has 0 aromatic carbocycles. The lowest BCUT2D eigenvalue weighted by Gasteiger charge is -2.48. The summed E-state index contributed by atoms with van der Waals surface area (Å²) >= 11 is 0. The molecule has 5 unspecified atom stereocenters. The van der Waals surface area contributed by atoms with Crippen LogP contribution in [-0.4, -0.2) is 37.1 Å². The van der Waals surface area contributed by atoms with Crippen LogP contribution in [0.15, 0.2) is 0 Å². The van der Waals surface area contributed by atoms with E-state index in [1.54, 1.807) is 6.42 Å². The van der Waals surface area contributed by atoms with Gasteiger partial charge in [-0.05, 0) is 68.9 Å². The van der Waals surface area contributed by atoms with Crippen LogP contribution in [0.2, 0.25) is 0 Å². The Hall–Kier alpha value is -0.0800. The van der Waals surface area contributed by atoms with Crippen molar-refractivity contribution in [2.75, 3.05) is 20.1 Å². The molecule has 0 saturated heterocycles. The van der Waals surface area contributed by atoms with Crippen molar-refractivity contribution in [3.05, 3.63) is 0 Å². The highest BCUT2D eigenvalue weighted by atomic mass is 15.2. The van der Waals surface area contributed by atoms with Crippen LogP contribution >= 0.6 is 0 Å². The van der Waals surface area contributed by atoms with E-state index in [9.17, 15) is 0 Å². The fraction of sp³-hybridized carbons (Fsp3) is 1.00. The Kier molecular flexibility index (Phi) is 4.66. The molecule has 0 radical (unpaired) electrons. The van der Waals surface area contributed by atoms with Crippen LogP contribution in [0.25, 0.3) is 0 Å². The van der Waals surface area contributed by atoms with E-state index >= 15 is 0 Å². The topological polar surface area (TPSA) is 15.3 Å². The van der Waals surface area contributed by atoms with Crippen molar-refractivity contribution < 1.29 is 0 Å². The van der Waals surface area contributed by atoms with Gasteiger partial charge in [0.2, 0.25) is 0 Å². The molecule has 2 nitrogen and oxygen atoms in total. The van der Waals surface area contributed by atoms with Gasteiger partial charge in [-0.15, -0.1) is 0 Å². The number of nitrogens with zero attached hydrogens (tertiary/aromatic N) is 1. The molecule has 5 atom stereocenters. The Balaban J connectivity index is 1.63. The van der Waals surface area contributed by atoms with E-state index in [1.165, 1.54) is 45.1 Å². The first kappa shape index (κ1) is 15.8. The molecule has 0 amide bonds. The molecule has 3 rings (SSSR count). The van der Waals surface area contributed by atoms with Gasteiger partial charge in [-0.3, -0.25) is 0 Å². The lowest BCUT2D eigenvalue weighted by molar-refractivity contribution is 0.0499. The number of fused-ring (bicyclic) bond motifs is 2. The minimum Gasteiger partial charge on any atom is -0.312 e. The number of hydrogen-bond acceptors (Lipinski definition) is 2. The maximum Gasteiger partial charge on any atom is 0.0274 e. The molecule has 3 fully saturated rings. The molecule has 3 aliphatic carbocycles. The second-order valence-electron chi connectivity index (χ2n) is 8.86. The normalized spacial score (nSPS) is 41.9. The van der Waals surface area contributed by atoms with Crippen molar-refractivity contribution in [2.24, 2.45) is 23.2 Å². The van der Waals surface area contributed by atoms with E-state index in [0.717, 1.165) is 30.3 Å². The van der Waals surface area contributed by atoms with Gasteiger partial charge in [-0.25, -0.2) is 0 Å². The number of nitrogens with one attached hydrogen (secondary N) is 1. The zero-order chi connectivity index (χ0) is 15.0. The Morgan fingerprint density at radius 3 is 2.57 bits per heavy atom. The first-order chi connectivity index (χ1) is 10.0. The Bertz CT molecular complexity index is 351. The molecular formula is C19H36N2. The van der Waals surface area contributed by atoms with Crippen molar-refractivity contribution in [1.82, 2.24) is 10.2 Å². The molecule has 0 aromatic heterocycles. The van der Waals surface area contributed by atoms with Crippen molar-refractivity contribution >= 4 is 0 Å². The van der Waals surface area contributed by atoms with Crippen LogP contribution in [0.5, 0.6) is 0 Å². The number of rotatable bonds is 5. The van der Waals surface area contributed by atoms with Crippen LogP contribution in [0.4, 0.5) is 0 Å². The summed E-state index contributed by atoms with van der Waals surface area (Å²) in [5, 5.41) is 3.82. The summed E-state index contributed by atoms with van der Waals surface area (Å²) in [5.41, 5.74) is 0.446. The third kappa shape index (κ3) is 3.17. The lowest BCUT2D eigenvalue weighted by atomic mass is 9.70. The summed E-state index contributed by atoms with van der Waals surface area (Å²) in [6.07, 6.45) is 10.3. The van der Waals surface area contributed by atoms with Gasteiger partial charge < -0.3 is 10.2 Å². The smallest absolute Gasteiger partial charge is 0.0274 e. The summed E-state index contributed by atoms with van der Waals surface area (Å²) < 4.78 is 0. The van der Waals surface area contributed by atoms with Crippen LogP contribution in [0, 0.1) is 23.2 Å². The molecule has 3 aliphatic rings. The molecular weight excluding hydrogens is 256 g/mol. The average molecular weight is 293 g/mol. The summed E-state index contributed by atoms with van der Waals surface area (Å²) in [6.45, 7) is 9.66. The van der Waals surface area contributed by atoms with Crippen molar-refractivity contribution in [1.29, 1.82) is 0 Å². The summed E-state index contributed by atoms with van der Waals surface area (Å²) in [6, 6.07) is 1.41. The predicted octanol–water partition coefficient (Wildman–Crippen LogP) is 3.91. The molecule has 2 heteroatoms. The van der Waals surface area contributed by atoms with Crippen LogP contribution in [0.1, 0.15) is 65.7 Å². The Labute approximate surface area is 132 Å². The van der Waals surface area contributed by atoms with Crippen LogP contribution in [0.3, 0.4) is 0 Å². The second kappa shape index (κ2) is 6.20. The van der Waals surface area contributed by atoms with E-state index in [0.29, 0.717) is 11.5 Å². The largest absolute Gasteiger partial charge is 0.312 e. The Morgan fingerprint density at radius 2 is 1.95 bits per heavy atom. The molecule has 1 N–H and O–H groups in total.